The summed E-state index contributed by atoms with van der Waals surface area (Å²) >= 11 is 0. The van der Waals surface area contributed by atoms with E-state index in [4.69, 9.17) is 18.0 Å². The Bertz CT molecular complexity index is 432. The van der Waals surface area contributed by atoms with Gasteiger partial charge in [0.25, 0.3) is 0 Å². The normalized spacial score (nSPS) is 12.7. The standard InChI is InChI=1S/C27H56O6Si/c1-5-9-10-17-21-26(28)22-18-15-13-11-12-14-16-19-23-27(29)30-24-20-25-34(31-6-2,32-7-3)33-8-4/h26,28H,5-25H2,1-4H3. The lowest BCUT2D eigenvalue weighted by Gasteiger charge is -2.28. The molecule has 0 aromatic heterocycles. The van der Waals surface area contributed by atoms with Crippen LogP contribution in [-0.2, 0) is 22.8 Å². The zero-order valence-corrected chi connectivity index (χ0v) is 23.9. The molecule has 0 amide bonds. The maximum atomic E-state index is 12.0. The van der Waals surface area contributed by atoms with Crippen LogP contribution >= 0.6 is 0 Å². The summed E-state index contributed by atoms with van der Waals surface area (Å²) in [6.07, 6.45) is 17.3. The topological polar surface area (TPSA) is 74.2 Å². The van der Waals surface area contributed by atoms with E-state index in [0.29, 0.717) is 45.3 Å². The third-order valence-electron chi connectivity index (χ3n) is 6.04. The Hall–Kier alpha value is -0.473. The van der Waals surface area contributed by atoms with Crippen molar-refractivity contribution in [1.29, 1.82) is 0 Å². The number of aliphatic hydroxyl groups excluding tert-OH is 1. The molecule has 0 aliphatic rings. The zero-order valence-electron chi connectivity index (χ0n) is 22.9. The van der Waals surface area contributed by atoms with Gasteiger partial charge in [-0.15, -0.1) is 0 Å². The van der Waals surface area contributed by atoms with Gasteiger partial charge in [-0.2, -0.15) is 0 Å². The van der Waals surface area contributed by atoms with Gasteiger partial charge in [-0.1, -0.05) is 77.6 Å². The second kappa shape index (κ2) is 24.2. The maximum Gasteiger partial charge on any atom is 0.501 e. The first-order valence-electron chi connectivity index (χ1n) is 14.3. The molecule has 0 heterocycles. The van der Waals surface area contributed by atoms with Crippen LogP contribution in [0.25, 0.3) is 0 Å². The van der Waals surface area contributed by atoms with Crippen LogP contribution in [0.2, 0.25) is 6.04 Å². The van der Waals surface area contributed by atoms with Crippen LogP contribution in [0.1, 0.15) is 130 Å². The number of carbonyl (C=O) groups is 1. The Balaban J connectivity index is 3.60. The van der Waals surface area contributed by atoms with Crippen molar-refractivity contribution in [2.24, 2.45) is 0 Å². The Morgan fingerprint density at radius 1 is 0.676 bits per heavy atom. The summed E-state index contributed by atoms with van der Waals surface area (Å²) in [5.41, 5.74) is 0. The first kappa shape index (κ1) is 33.5. The van der Waals surface area contributed by atoms with Crippen molar-refractivity contribution >= 4 is 14.8 Å². The van der Waals surface area contributed by atoms with Crippen molar-refractivity contribution in [1.82, 2.24) is 0 Å². The minimum Gasteiger partial charge on any atom is -0.466 e. The highest BCUT2D eigenvalue weighted by atomic mass is 28.4. The molecule has 1 unspecified atom stereocenters. The number of rotatable bonds is 26. The first-order chi connectivity index (χ1) is 16.5. The highest BCUT2D eigenvalue weighted by Gasteiger charge is 2.39. The number of hydrogen-bond acceptors (Lipinski definition) is 6. The molecule has 0 aliphatic heterocycles. The molecule has 0 fully saturated rings. The van der Waals surface area contributed by atoms with Crippen molar-refractivity contribution < 1.29 is 27.9 Å². The molecule has 7 heteroatoms. The number of unbranched alkanes of at least 4 members (excludes halogenated alkanes) is 10. The molecule has 34 heavy (non-hydrogen) atoms. The van der Waals surface area contributed by atoms with Gasteiger partial charge in [-0.25, -0.2) is 0 Å². The predicted octanol–water partition coefficient (Wildman–Crippen LogP) is 7.20. The van der Waals surface area contributed by atoms with Crippen LogP contribution in [0, 0.1) is 0 Å². The lowest BCUT2D eigenvalue weighted by atomic mass is 10.0. The molecule has 0 bridgehead atoms. The number of carbonyl (C=O) groups excluding carboxylic acids is 1. The van der Waals surface area contributed by atoms with Gasteiger partial charge in [0.05, 0.1) is 12.7 Å². The summed E-state index contributed by atoms with van der Waals surface area (Å²) in [6, 6.07) is 0.674. The quantitative estimate of drug-likeness (QED) is 0.0762. The van der Waals surface area contributed by atoms with Gasteiger partial charge in [0.2, 0.25) is 0 Å². The molecule has 1 atom stereocenters. The van der Waals surface area contributed by atoms with Crippen molar-refractivity contribution in [3.05, 3.63) is 0 Å². The van der Waals surface area contributed by atoms with E-state index in [9.17, 15) is 9.90 Å². The second-order valence-corrected chi connectivity index (χ2v) is 11.9. The molecule has 0 aromatic rings. The number of hydrogen-bond donors (Lipinski definition) is 1. The van der Waals surface area contributed by atoms with Crippen LogP contribution < -0.4 is 0 Å². The molecule has 6 nitrogen and oxygen atoms in total. The van der Waals surface area contributed by atoms with Crippen molar-refractivity contribution in [3.8, 4) is 0 Å². The van der Waals surface area contributed by atoms with E-state index in [1.807, 2.05) is 20.8 Å². The monoisotopic (exact) mass is 504 g/mol. The molecule has 0 spiro atoms. The highest BCUT2D eigenvalue weighted by molar-refractivity contribution is 6.60. The lowest BCUT2D eigenvalue weighted by Crippen LogP contribution is -2.46. The molecule has 0 radical (unpaired) electrons. The van der Waals surface area contributed by atoms with Crippen LogP contribution in [0.4, 0.5) is 0 Å². The van der Waals surface area contributed by atoms with Crippen LogP contribution in [0.3, 0.4) is 0 Å². The van der Waals surface area contributed by atoms with E-state index in [2.05, 4.69) is 6.92 Å². The minimum atomic E-state index is -2.64. The summed E-state index contributed by atoms with van der Waals surface area (Å²) in [5, 5.41) is 10.0. The van der Waals surface area contributed by atoms with Gasteiger partial charge in [0, 0.05) is 32.3 Å². The van der Waals surface area contributed by atoms with E-state index >= 15 is 0 Å². The van der Waals surface area contributed by atoms with Crippen molar-refractivity contribution in [2.75, 3.05) is 26.4 Å². The second-order valence-electron chi connectivity index (χ2n) is 9.18. The average Bonchev–Trinajstić information content (AvgIpc) is 2.81. The molecule has 204 valence electrons. The molecular formula is C27H56O6Si. The Morgan fingerprint density at radius 3 is 1.65 bits per heavy atom. The summed E-state index contributed by atoms with van der Waals surface area (Å²) in [4.78, 5) is 12.0. The first-order valence-corrected chi connectivity index (χ1v) is 16.2. The zero-order chi connectivity index (χ0) is 25.3. The van der Waals surface area contributed by atoms with Gasteiger partial charge in [0.1, 0.15) is 0 Å². The van der Waals surface area contributed by atoms with Crippen molar-refractivity contribution in [3.63, 3.8) is 0 Å². The molecule has 1 N–H and O–H groups in total. The number of esters is 1. The number of aliphatic hydroxyl groups is 1. The third kappa shape index (κ3) is 19.8. The molecule has 0 aromatic carbocycles. The fourth-order valence-corrected chi connectivity index (χ4v) is 6.79. The largest absolute Gasteiger partial charge is 0.501 e. The fraction of sp³-hybridized carbons (Fsp3) is 0.963. The maximum absolute atomic E-state index is 12.0. The molecule has 0 aliphatic carbocycles. The molecule has 0 rings (SSSR count). The van der Waals surface area contributed by atoms with Crippen molar-refractivity contribution in [2.45, 2.75) is 143 Å². The SMILES string of the molecule is CCCCCCC(O)CCCCCCCCCCC(=O)OCCC[Si](OCC)(OCC)OCC. The van der Waals surface area contributed by atoms with E-state index in [0.717, 1.165) is 32.1 Å². The van der Waals surface area contributed by atoms with Gasteiger partial charge in [-0.3, -0.25) is 4.79 Å². The van der Waals surface area contributed by atoms with Crippen LogP contribution in [0.15, 0.2) is 0 Å². The number of ether oxygens (including phenoxy) is 1. The minimum absolute atomic E-state index is 0.0970. The Labute approximate surface area is 211 Å². The highest BCUT2D eigenvalue weighted by Crippen LogP contribution is 2.18. The van der Waals surface area contributed by atoms with Crippen LogP contribution in [-0.4, -0.2) is 52.4 Å². The van der Waals surface area contributed by atoms with E-state index in [-0.39, 0.29) is 12.1 Å². The fourth-order valence-electron chi connectivity index (χ4n) is 4.21. The summed E-state index contributed by atoms with van der Waals surface area (Å²) in [7, 11) is -2.64. The Morgan fingerprint density at radius 2 is 1.15 bits per heavy atom. The average molecular weight is 505 g/mol. The van der Waals surface area contributed by atoms with E-state index in [1.54, 1.807) is 0 Å². The molecular weight excluding hydrogens is 448 g/mol. The molecule has 0 saturated heterocycles. The molecule has 0 saturated carbocycles. The van der Waals surface area contributed by atoms with Gasteiger partial charge < -0.3 is 23.1 Å². The summed E-state index contributed by atoms with van der Waals surface area (Å²) in [5.74, 6) is -0.107. The predicted molar refractivity (Wildman–Crippen MR) is 142 cm³/mol. The Kier molecular flexibility index (Phi) is 23.9. The van der Waals surface area contributed by atoms with E-state index in [1.165, 1.54) is 57.8 Å². The van der Waals surface area contributed by atoms with Gasteiger partial charge in [-0.05, 0) is 46.5 Å². The third-order valence-corrected chi connectivity index (χ3v) is 9.19. The van der Waals surface area contributed by atoms with Gasteiger partial charge in [0.15, 0.2) is 0 Å². The van der Waals surface area contributed by atoms with Gasteiger partial charge >= 0.3 is 14.8 Å². The lowest BCUT2D eigenvalue weighted by molar-refractivity contribution is -0.143. The smallest absolute Gasteiger partial charge is 0.466 e. The summed E-state index contributed by atoms with van der Waals surface area (Å²) in [6.45, 7) is 10.1. The van der Waals surface area contributed by atoms with Crippen LogP contribution in [0.5, 0.6) is 0 Å². The van der Waals surface area contributed by atoms with E-state index < -0.39 is 8.80 Å². The summed E-state index contributed by atoms with van der Waals surface area (Å²) < 4.78 is 22.9.